The quantitative estimate of drug-likeness (QED) is 0.800. The normalized spacial score (nSPS) is 20.0. The minimum atomic E-state index is 0.189. The molecule has 0 unspecified atom stereocenters. The first-order valence-electron chi connectivity index (χ1n) is 5.74. The van der Waals surface area contributed by atoms with E-state index >= 15 is 0 Å². The maximum atomic E-state index is 11.5. The molecule has 2 aliphatic carbocycles. The van der Waals surface area contributed by atoms with Gasteiger partial charge in [0, 0.05) is 11.6 Å². The van der Waals surface area contributed by atoms with Crippen molar-refractivity contribution in [3.05, 3.63) is 29.8 Å². The molecule has 1 aromatic carbocycles. The maximum absolute atomic E-state index is 11.5. The maximum Gasteiger partial charge on any atom is 0.227 e. The van der Waals surface area contributed by atoms with Crippen LogP contribution in [0.15, 0.2) is 24.3 Å². The lowest BCUT2D eigenvalue weighted by molar-refractivity contribution is -0.117. The lowest BCUT2D eigenvalue weighted by atomic mass is 10.1. The van der Waals surface area contributed by atoms with E-state index < -0.39 is 0 Å². The van der Waals surface area contributed by atoms with Crippen LogP contribution in [-0.4, -0.2) is 5.91 Å². The molecule has 0 atom stereocenters. The number of carbonyl (C=O) groups excluding carboxylic acids is 1. The van der Waals surface area contributed by atoms with Gasteiger partial charge in [-0.15, -0.1) is 0 Å². The summed E-state index contributed by atoms with van der Waals surface area (Å²) in [5.41, 5.74) is 2.36. The van der Waals surface area contributed by atoms with E-state index in [1.807, 2.05) is 12.1 Å². The van der Waals surface area contributed by atoms with E-state index in [1.165, 1.54) is 18.4 Å². The van der Waals surface area contributed by atoms with Crippen LogP contribution in [0.4, 0.5) is 5.69 Å². The Balaban J connectivity index is 1.66. The number of rotatable bonds is 3. The van der Waals surface area contributed by atoms with Crippen molar-refractivity contribution in [2.24, 2.45) is 5.92 Å². The highest BCUT2D eigenvalue weighted by Gasteiger charge is 2.29. The summed E-state index contributed by atoms with van der Waals surface area (Å²) in [5, 5.41) is 2.95. The summed E-state index contributed by atoms with van der Waals surface area (Å²) in [4.78, 5) is 11.5. The largest absolute Gasteiger partial charge is 0.326 e. The molecule has 1 aromatic rings. The second-order valence-electron chi connectivity index (χ2n) is 4.66. The number of anilines is 1. The molecular formula is C13H15NO. The number of amides is 1. The summed E-state index contributed by atoms with van der Waals surface area (Å²) in [5.74, 6) is 1.26. The number of hydrogen-bond acceptors (Lipinski definition) is 1. The van der Waals surface area contributed by atoms with Crippen molar-refractivity contribution in [3.63, 3.8) is 0 Å². The predicted octanol–water partition coefficient (Wildman–Crippen LogP) is 2.91. The van der Waals surface area contributed by atoms with Crippen molar-refractivity contribution in [2.75, 3.05) is 5.32 Å². The predicted molar refractivity (Wildman–Crippen MR) is 59.8 cm³/mol. The number of hydrogen-bond donors (Lipinski definition) is 1. The van der Waals surface area contributed by atoms with Crippen LogP contribution in [0.3, 0.4) is 0 Å². The Bertz CT molecular complexity index is 374. The first kappa shape index (κ1) is 8.96. The fourth-order valence-electron chi connectivity index (χ4n) is 1.85. The standard InChI is InChI=1S/C13H15NO/c15-13(11-3-4-11)14-12-7-5-10(6-8-12)9-1-2-9/h5-9,11H,1-4H2,(H,14,15). The van der Waals surface area contributed by atoms with E-state index in [4.69, 9.17) is 0 Å². The van der Waals surface area contributed by atoms with Crippen LogP contribution >= 0.6 is 0 Å². The van der Waals surface area contributed by atoms with Gasteiger partial charge in [0.1, 0.15) is 0 Å². The average Bonchev–Trinajstić information content (AvgIpc) is 3.11. The van der Waals surface area contributed by atoms with Gasteiger partial charge in [-0.05, 0) is 49.3 Å². The van der Waals surface area contributed by atoms with Crippen molar-refractivity contribution in [2.45, 2.75) is 31.6 Å². The first-order valence-corrected chi connectivity index (χ1v) is 5.74. The van der Waals surface area contributed by atoms with Crippen molar-refractivity contribution >= 4 is 11.6 Å². The molecule has 0 aromatic heterocycles. The second kappa shape index (κ2) is 3.37. The fraction of sp³-hybridized carbons (Fsp3) is 0.462. The van der Waals surface area contributed by atoms with Gasteiger partial charge in [0.15, 0.2) is 0 Å². The number of nitrogens with one attached hydrogen (secondary N) is 1. The monoisotopic (exact) mass is 201 g/mol. The summed E-state index contributed by atoms with van der Waals surface area (Å²) < 4.78 is 0. The first-order chi connectivity index (χ1) is 7.33. The van der Waals surface area contributed by atoms with E-state index in [2.05, 4.69) is 17.4 Å². The lowest BCUT2D eigenvalue weighted by Crippen LogP contribution is -2.13. The Labute approximate surface area is 89.7 Å². The minimum absolute atomic E-state index is 0.189. The van der Waals surface area contributed by atoms with Gasteiger partial charge in [0.25, 0.3) is 0 Å². The molecule has 0 aliphatic heterocycles. The van der Waals surface area contributed by atoms with Gasteiger partial charge in [-0.2, -0.15) is 0 Å². The van der Waals surface area contributed by atoms with Crippen LogP contribution in [0, 0.1) is 5.92 Å². The highest BCUT2D eigenvalue weighted by atomic mass is 16.2. The van der Waals surface area contributed by atoms with Crippen LogP contribution in [0.1, 0.15) is 37.2 Å². The van der Waals surface area contributed by atoms with Crippen LogP contribution in [0.5, 0.6) is 0 Å². The van der Waals surface area contributed by atoms with Gasteiger partial charge < -0.3 is 5.32 Å². The van der Waals surface area contributed by atoms with Gasteiger partial charge in [0.2, 0.25) is 5.91 Å². The van der Waals surface area contributed by atoms with Gasteiger partial charge in [-0.25, -0.2) is 0 Å². The molecule has 0 saturated heterocycles. The van der Waals surface area contributed by atoms with Crippen LogP contribution < -0.4 is 5.32 Å². The molecule has 3 rings (SSSR count). The lowest BCUT2D eigenvalue weighted by Gasteiger charge is -2.05. The third-order valence-corrected chi connectivity index (χ3v) is 3.18. The zero-order chi connectivity index (χ0) is 10.3. The van der Waals surface area contributed by atoms with E-state index in [9.17, 15) is 4.79 Å². The molecule has 2 fully saturated rings. The smallest absolute Gasteiger partial charge is 0.227 e. The molecule has 2 aliphatic rings. The Morgan fingerprint density at radius 2 is 1.73 bits per heavy atom. The molecular weight excluding hydrogens is 186 g/mol. The molecule has 0 heterocycles. The Kier molecular flexibility index (Phi) is 2.01. The van der Waals surface area contributed by atoms with Gasteiger partial charge in [0.05, 0.1) is 0 Å². The highest BCUT2D eigenvalue weighted by Crippen LogP contribution is 2.40. The molecule has 2 saturated carbocycles. The van der Waals surface area contributed by atoms with Crippen LogP contribution in [-0.2, 0) is 4.79 Å². The molecule has 15 heavy (non-hydrogen) atoms. The molecule has 2 nitrogen and oxygen atoms in total. The summed E-state index contributed by atoms with van der Waals surface area (Å²) in [6, 6.07) is 8.32. The second-order valence-corrected chi connectivity index (χ2v) is 4.66. The zero-order valence-electron chi connectivity index (χ0n) is 8.70. The summed E-state index contributed by atoms with van der Waals surface area (Å²) in [6.45, 7) is 0. The number of carbonyl (C=O) groups is 1. The zero-order valence-corrected chi connectivity index (χ0v) is 8.70. The van der Waals surface area contributed by atoms with Crippen LogP contribution in [0.2, 0.25) is 0 Å². The number of benzene rings is 1. The summed E-state index contributed by atoms with van der Waals surface area (Å²) in [7, 11) is 0. The van der Waals surface area contributed by atoms with Gasteiger partial charge in [-0.1, -0.05) is 12.1 Å². The third-order valence-electron chi connectivity index (χ3n) is 3.18. The molecule has 78 valence electrons. The van der Waals surface area contributed by atoms with Crippen molar-refractivity contribution < 1.29 is 4.79 Å². The van der Waals surface area contributed by atoms with Crippen molar-refractivity contribution in [1.29, 1.82) is 0 Å². The topological polar surface area (TPSA) is 29.1 Å². The van der Waals surface area contributed by atoms with Gasteiger partial charge >= 0.3 is 0 Å². The van der Waals surface area contributed by atoms with E-state index in [0.29, 0.717) is 0 Å². The van der Waals surface area contributed by atoms with E-state index in [0.717, 1.165) is 24.4 Å². The van der Waals surface area contributed by atoms with Crippen molar-refractivity contribution in [1.82, 2.24) is 0 Å². The molecule has 2 heteroatoms. The van der Waals surface area contributed by atoms with Crippen molar-refractivity contribution in [3.8, 4) is 0 Å². The molecule has 0 radical (unpaired) electrons. The van der Waals surface area contributed by atoms with Gasteiger partial charge in [-0.3, -0.25) is 4.79 Å². The Morgan fingerprint density at radius 3 is 2.27 bits per heavy atom. The Morgan fingerprint density at radius 1 is 1.07 bits per heavy atom. The molecule has 0 spiro atoms. The van der Waals surface area contributed by atoms with E-state index in [1.54, 1.807) is 0 Å². The molecule has 1 amide bonds. The summed E-state index contributed by atoms with van der Waals surface area (Å²) >= 11 is 0. The minimum Gasteiger partial charge on any atom is -0.326 e. The Hall–Kier alpha value is -1.31. The molecule has 1 N–H and O–H groups in total. The summed E-state index contributed by atoms with van der Waals surface area (Å²) in [6.07, 6.45) is 4.78. The highest BCUT2D eigenvalue weighted by molar-refractivity contribution is 5.94. The SMILES string of the molecule is O=C(Nc1ccc(C2CC2)cc1)C1CC1. The van der Waals surface area contributed by atoms with Crippen LogP contribution in [0.25, 0.3) is 0 Å². The third kappa shape index (κ3) is 2.04. The van der Waals surface area contributed by atoms with E-state index in [-0.39, 0.29) is 11.8 Å². The average molecular weight is 201 g/mol. The molecule has 0 bridgehead atoms. The fourth-order valence-corrected chi connectivity index (χ4v) is 1.85.